The number of hydrogen-bond donors (Lipinski definition) is 2. The molecule has 9 nitrogen and oxygen atoms in total. The van der Waals surface area contributed by atoms with Gasteiger partial charge in [0.2, 0.25) is 0 Å². The summed E-state index contributed by atoms with van der Waals surface area (Å²) in [5.41, 5.74) is 5.33. The lowest BCUT2D eigenvalue weighted by Gasteiger charge is -2.19. The number of allylic oxidation sites excluding steroid dienone is 20. The molecule has 0 aliphatic heterocycles. The SMILES string of the molecule is CC/C=C/C=C/C=C/C=C/CCCCCC(=O)OC(COC(=O)CCCC/C=C/C/C=C/C/C=C/C/C=C/C/C=C/C/C=C/CC)COP(=O)(O)OCCN. The van der Waals surface area contributed by atoms with Gasteiger partial charge in [0.1, 0.15) is 6.61 Å². The van der Waals surface area contributed by atoms with Crippen LogP contribution in [0.2, 0.25) is 0 Å². The van der Waals surface area contributed by atoms with Gasteiger partial charge in [0.15, 0.2) is 6.10 Å². The van der Waals surface area contributed by atoms with E-state index in [1.807, 2.05) is 36.5 Å². The molecule has 0 rings (SSSR count). The van der Waals surface area contributed by atoms with Crippen LogP contribution in [0.5, 0.6) is 0 Å². The van der Waals surface area contributed by atoms with Gasteiger partial charge in [0, 0.05) is 19.4 Å². The van der Waals surface area contributed by atoms with Gasteiger partial charge in [-0.3, -0.25) is 18.6 Å². The molecule has 0 aromatic heterocycles. The molecule has 0 heterocycles. The number of carbonyl (C=O) groups is 2. The molecule has 0 aromatic carbocycles. The Morgan fingerprint density at radius 2 is 1.04 bits per heavy atom. The van der Waals surface area contributed by atoms with Gasteiger partial charge in [-0.05, 0) is 83.5 Å². The third kappa shape index (κ3) is 39.9. The largest absolute Gasteiger partial charge is 0.472 e. The molecule has 0 fully saturated rings. The maximum absolute atomic E-state index is 12.5. The zero-order valence-electron chi connectivity index (χ0n) is 33.6. The van der Waals surface area contributed by atoms with Crippen molar-refractivity contribution in [2.45, 2.75) is 123 Å². The summed E-state index contributed by atoms with van der Waals surface area (Å²) >= 11 is 0. The second kappa shape index (κ2) is 40.1. The predicted molar refractivity (Wildman–Crippen MR) is 228 cm³/mol. The van der Waals surface area contributed by atoms with Crippen molar-refractivity contribution in [1.29, 1.82) is 0 Å². The van der Waals surface area contributed by atoms with Crippen molar-refractivity contribution in [3.05, 3.63) is 122 Å². The lowest BCUT2D eigenvalue weighted by atomic mass is 10.1. The van der Waals surface area contributed by atoms with Crippen LogP contribution in [0.4, 0.5) is 0 Å². The molecular formula is C45H70NO8P. The van der Waals surface area contributed by atoms with Gasteiger partial charge in [-0.15, -0.1) is 0 Å². The fourth-order valence-corrected chi connectivity index (χ4v) is 5.29. The van der Waals surface area contributed by atoms with E-state index in [0.717, 1.165) is 77.0 Å². The van der Waals surface area contributed by atoms with Crippen LogP contribution in [0.1, 0.15) is 117 Å². The number of nitrogens with two attached hydrogens (primary N) is 1. The quantitative estimate of drug-likeness (QED) is 0.0212. The van der Waals surface area contributed by atoms with E-state index in [-0.39, 0.29) is 32.6 Å². The van der Waals surface area contributed by atoms with Crippen LogP contribution in [-0.2, 0) is 32.7 Å². The zero-order chi connectivity index (χ0) is 40.3. The van der Waals surface area contributed by atoms with Gasteiger partial charge in [0.05, 0.1) is 13.2 Å². The van der Waals surface area contributed by atoms with Gasteiger partial charge in [-0.25, -0.2) is 4.57 Å². The van der Waals surface area contributed by atoms with E-state index in [0.29, 0.717) is 12.8 Å². The van der Waals surface area contributed by atoms with E-state index in [9.17, 15) is 19.0 Å². The molecule has 55 heavy (non-hydrogen) atoms. The number of carbonyl (C=O) groups excluding carboxylic acids is 2. The summed E-state index contributed by atoms with van der Waals surface area (Å²) in [6.07, 6.45) is 53.8. The Bertz CT molecular complexity index is 1310. The number of rotatable bonds is 35. The van der Waals surface area contributed by atoms with E-state index in [1.165, 1.54) is 0 Å². The highest BCUT2D eigenvalue weighted by molar-refractivity contribution is 7.47. The molecule has 0 aliphatic carbocycles. The number of hydrogen-bond acceptors (Lipinski definition) is 8. The summed E-state index contributed by atoms with van der Waals surface area (Å²) in [5, 5.41) is 0. The Balaban J connectivity index is 4.35. The summed E-state index contributed by atoms with van der Waals surface area (Å²) in [6, 6.07) is 0. The average Bonchev–Trinajstić information content (AvgIpc) is 3.17. The van der Waals surface area contributed by atoms with Crippen LogP contribution in [0, 0.1) is 0 Å². The van der Waals surface area contributed by atoms with Gasteiger partial charge in [-0.2, -0.15) is 0 Å². The van der Waals surface area contributed by atoms with Crippen molar-refractivity contribution in [2.24, 2.45) is 5.73 Å². The van der Waals surface area contributed by atoms with Gasteiger partial charge in [0.25, 0.3) is 0 Å². The van der Waals surface area contributed by atoms with Crippen molar-refractivity contribution in [1.82, 2.24) is 0 Å². The Hall–Kier alpha value is -3.59. The molecule has 0 aromatic rings. The molecule has 3 N–H and O–H groups in total. The molecule has 308 valence electrons. The summed E-state index contributed by atoms with van der Waals surface area (Å²) in [6.45, 7) is 3.33. The number of ether oxygens (including phenoxy) is 2. The van der Waals surface area contributed by atoms with Crippen LogP contribution >= 0.6 is 7.82 Å². The van der Waals surface area contributed by atoms with Crippen LogP contribution in [0.15, 0.2) is 122 Å². The third-order valence-corrected chi connectivity index (χ3v) is 8.42. The zero-order valence-corrected chi connectivity index (χ0v) is 34.5. The van der Waals surface area contributed by atoms with Crippen molar-refractivity contribution in [3.63, 3.8) is 0 Å². The molecule has 0 amide bonds. The van der Waals surface area contributed by atoms with Gasteiger partial charge in [-0.1, -0.05) is 142 Å². The first-order chi connectivity index (χ1) is 26.8. The highest BCUT2D eigenvalue weighted by Crippen LogP contribution is 2.43. The van der Waals surface area contributed by atoms with Crippen LogP contribution in [-0.4, -0.2) is 49.3 Å². The minimum Gasteiger partial charge on any atom is -0.462 e. The van der Waals surface area contributed by atoms with Crippen LogP contribution in [0.25, 0.3) is 0 Å². The molecule has 0 aliphatic rings. The van der Waals surface area contributed by atoms with Crippen LogP contribution < -0.4 is 5.73 Å². The van der Waals surface area contributed by atoms with Crippen molar-refractivity contribution in [2.75, 3.05) is 26.4 Å². The van der Waals surface area contributed by atoms with E-state index < -0.39 is 32.5 Å². The van der Waals surface area contributed by atoms with Crippen LogP contribution in [0.3, 0.4) is 0 Å². The standard InChI is InChI=1S/C45H70NO8P/c1-3-5-7-9-11-13-15-17-18-19-20-21-22-23-24-26-27-29-31-33-35-37-44(47)51-41-43(42-53-55(49,50)52-40-39-46)54-45(48)38-36-34-32-30-28-25-16-14-12-10-8-6-4-2/h5-8,10-14,16-18,20-21,23-25,27-29,43H,3-4,9,15,19,22,26,30-42,46H2,1-2H3,(H,49,50)/b7-5+,8-6+,12-10+,13-11+,16-14+,18-17+,21-20+,24-23+,28-25+,29-27+. The highest BCUT2D eigenvalue weighted by Gasteiger charge is 2.25. The predicted octanol–water partition coefficient (Wildman–Crippen LogP) is 11.4. The first kappa shape index (κ1) is 51.4. The highest BCUT2D eigenvalue weighted by atomic mass is 31.2. The van der Waals surface area contributed by atoms with E-state index >= 15 is 0 Å². The molecule has 2 atom stereocenters. The lowest BCUT2D eigenvalue weighted by molar-refractivity contribution is -0.161. The topological polar surface area (TPSA) is 134 Å². The lowest BCUT2D eigenvalue weighted by Crippen LogP contribution is -2.29. The molecule has 10 heteroatoms. The first-order valence-electron chi connectivity index (χ1n) is 20.1. The Labute approximate surface area is 332 Å². The van der Waals surface area contributed by atoms with Crippen molar-refractivity contribution in [3.8, 4) is 0 Å². The van der Waals surface area contributed by atoms with Crippen molar-refractivity contribution < 1.29 is 37.6 Å². The molecule has 0 radical (unpaired) electrons. The van der Waals surface area contributed by atoms with Crippen molar-refractivity contribution >= 4 is 19.8 Å². The summed E-state index contributed by atoms with van der Waals surface area (Å²) < 4.78 is 32.6. The summed E-state index contributed by atoms with van der Waals surface area (Å²) in [7, 11) is -4.40. The Morgan fingerprint density at radius 1 is 0.564 bits per heavy atom. The van der Waals surface area contributed by atoms with Gasteiger partial charge < -0.3 is 20.1 Å². The van der Waals surface area contributed by atoms with E-state index in [1.54, 1.807) is 0 Å². The summed E-state index contributed by atoms with van der Waals surface area (Å²) in [5.74, 6) is -0.943. The van der Waals surface area contributed by atoms with Gasteiger partial charge >= 0.3 is 19.8 Å². The maximum atomic E-state index is 12.5. The maximum Gasteiger partial charge on any atom is 0.472 e. The summed E-state index contributed by atoms with van der Waals surface area (Å²) in [4.78, 5) is 34.8. The fraction of sp³-hybridized carbons (Fsp3) is 0.511. The monoisotopic (exact) mass is 783 g/mol. The first-order valence-corrected chi connectivity index (χ1v) is 21.6. The smallest absolute Gasteiger partial charge is 0.462 e. The minimum atomic E-state index is -4.40. The number of unbranched alkanes of at least 4 members (excludes halogenated alkanes) is 5. The third-order valence-electron chi connectivity index (χ3n) is 7.44. The molecular weight excluding hydrogens is 713 g/mol. The minimum absolute atomic E-state index is 0.0325. The molecule has 2 unspecified atom stereocenters. The Morgan fingerprint density at radius 3 is 1.62 bits per heavy atom. The second-order valence-corrected chi connectivity index (χ2v) is 13.9. The Kier molecular flexibility index (Phi) is 37.5. The normalized spacial score (nSPS) is 14.6. The number of phosphoric ester groups is 1. The van der Waals surface area contributed by atoms with E-state index in [4.69, 9.17) is 24.3 Å². The molecule has 0 bridgehead atoms. The second-order valence-electron chi connectivity index (χ2n) is 12.5. The number of phosphoric acid groups is 1. The average molecular weight is 784 g/mol. The fourth-order valence-electron chi connectivity index (χ4n) is 4.53. The molecule has 0 saturated carbocycles. The number of esters is 2. The van der Waals surface area contributed by atoms with E-state index in [2.05, 4.69) is 98.9 Å². The molecule has 0 spiro atoms. The molecule has 0 saturated heterocycles.